The predicted molar refractivity (Wildman–Crippen MR) is 77.2 cm³/mol. The molecular formula is C15H21NOS. The van der Waals surface area contributed by atoms with E-state index in [1.165, 1.54) is 23.3 Å². The minimum atomic E-state index is -0.0371. The molecule has 2 heterocycles. The highest BCUT2D eigenvalue weighted by Crippen LogP contribution is 2.47. The van der Waals surface area contributed by atoms with Crippen molar-refractivity contribution in [2.45, 2.75) is 50.0 Å². The van der Waals surface area contributed by atoms with Gasteiger partial charge in [-0.25, -0.2) is 0 Å². The fourth-order valence-electron chi connectivity index (χ4n) is 3.18. The van der Waals surface area contributed by atoms with Crippen molar-refractivity contribution in [3.63, 3.8) is 0 Å². The molecule has 3 heteroatoms. The largest absolute Gasteiger partial charge is 0.486 e. The van der Waals surface area contributed by atoms with Gasteiger partial charge in [-0.2, -0.15) is 11.8 Å². The lowest BCUT2D eigenvalue weighted by molar-refractivity contribution is 0.0255. The van der Waals surface area contributed by atoms with E-state index in [0.717, 1.165) is 18.6 Å². The van der Waals surface area contributed by atoms with Crippen molar-refractivity contribution in [2.75, 3.05) is 5.75 Å². The van der Waals surface area contributed by atoms with Gasteiger partial charge in [-0.1, -0.05) is 17.7 Å². The van der Waals surface area contributed by atoms with Crippen molar-refractivity contribution >= 4 is 11.8 Å². The normalized spacial score (nSPS) is 35.1. The van der Waals surface area contributed by atoms with Crippen LogP contribution in [-0.4, -0.2) is 16.6 Å². The maximum Gasteiger partial charge on any atom is 0.124 e. The second-order valence-electron chi connectivity index (χ2n) is 5.64. The van der Waals surface area contributed by atoms with Crippen molar-refractivity contribution in [3.8, 4) is 5.75 Å². The van der Waals surface area contributed by atoms with Crippen LogP contribution in [0.15, 0.2) is 18.2 Å². The first-order valence-corrected chi connectivity index (χ1v) is 7.82. The van der Waals surface area contributed by atoms with Crippen LogP contribution < -0.4 is 10.5 Å². The summed E-state index contributed by atoms with van der Waals surface area (Å²) in [6, 6.07) is 6.51. The molecule has 0 bridgehead atoms. The van der Waals surface area contributed by atoms with E-state index in [2.05, 4.69) is 32.0 Å². The zero-order valence-corrected chi connectivity index (χ0v) is 11.9. The molecule has 1 fully saturated rings. The molecule has 2 aliphatic heterocycles. The van der Waals surface area contributed by atoms with Crippen LogP contribution in [0.1, 0.15) is 43.4 Å². The van der Waals surface area contributed by atoms with Gasteiger partial charge >= 0.3 is 0 Å². The molecule has 0 amide bonds. The van der Waals surface area contributed by atoms with E-state index in [0.29, 0.717) is 5.25 Å². The Bertz CT molecular complexity index is 462. The van der Waals surface area contributed by atoms with Gasteiger partial charge in [-0.05, 0) is 38.5 Å². The van der Waals surface area contributed by atoms with Gasteiger partial charge in [0.15, 0.2) is 0 Å². The standard InChI is InChI=1S/C15H21NOS/c1-10-4-5-14-12(8-10)13(16)9-15(17-14)6-3-7-18-11(15)2/h4-5,8,11,13H,3,6-7,9,16H2,1-2H3/t11?,13-,15?/m0/s1. The van der Waals surface area contributed by atoms with Crippen LogP contribution in [0.2, 0.25) is 0 Å². The first-order valence-electron chi connectivity index (χ1n) is 6.77. The molecule has 98 valence electrons. The number of aryl methyl sites for hydroxylation is 1. The van der Waals surface area contributed by atoms with Gasteiger partial charge in [0.1, 0.15) is 11.4 Å². The van der Waals surface area contributed by atoms with Gasteiger partial charge in [-0.3, -0.25) is 0 Å². The van der Waals surface area contributed by atoms with E-state index in [4.69, 9.17) is 10.5 Å². The summed E-state index contributed by atoms with van der Waals surface area (Å²) in [5.41, 5.74) is 8.80. The second-order valence-corrected chi connectivity index (χ2v) is 7.08. The van der Waals surface area contributed by atoms with Gasteiger partial charge < -0.3 is 10.5 Å². The molecule has 0 aromatic heterocycles. The van der Waals surface area contributed by atoms with Gasteiger partial charge in [0.25, 0.3) is 0 Å². The molecule has 1 aromatic rings. The monoisotopic (exact) mass is 263 g/mol. The summed E-state index contributed by atoms with van der Waals surface area (Å²) < 4.78 is 6.40. The van der Waals surface area contributed by atoms with Crippen molar-refractivity contribution in [1.82, 2.24) is 0 Å². The average Bonchev–Trinajstić information content (AvgIpc) is 2.34. The predicted octanol–water partition coefficient (Wildman–Crippen LogP) is 3.43. The lowest BCUT2D eigenvalue weighted by Gasteiger charge is -2.47. The molecule has 18 heavy (non-hydrogen) atoms. The highest BCUT2D eigenvalue weighted by Gasteiger charge is 2.45. The minimum Gasteiger partial charge on any atom is -0.486 e. The Morgan fingerprint density at radius 3 is 3.06 bits per heavy atom. The van der Waals surface area contributed by atoms with Crippen LogP contribution in [0.3, 0.4) is 0 Å². The minimum absolute atomic E-state index is 0.0371. The maximum absolute atomic E-state index is 6.40. The van der Waals surface area contributed by atoms with Gasteiger partial charge in [0.2, 0.25) is 0 Å². The van der Waals surface area contributed by atoms with Crippen molar-refractivity contribution < 1.29 is 4.74 Å². The summed E-state index contributed by atoms with van der Waals surface area (Å²) in [5.74, 6) is 2.26. The number of fused-ring (bicyclic) bond motifs is 1. The average molecular weight is 263 g/mol. The molecule has 1 spiro atoms. The lowest BCUT2D eigenvalue weighted by atomic mass is 9.82. The Morgan fingerprint density at radius 2 is 2.28 bits per heavy atom. The highest BCUT2D eigenvalue weighted by molar-refractivity contribution is 8.00. The molecular weight excluding hydrogens is 242 g/mol. The molecule has 1 aromatic carbocycles. The third kappa shape index (κ3) is 1.94. The van der Waals surface area contributed by atoms with Crippen molar-refractivity contribution in [3.05, 3.63) is 29.3 Å². The zero-order valence-electron chi connectivity index (χ0n) is 11.1. The van der Waals surface area contributed by atoms with Crippen LogP contribution in [-0.2, 0) is 0 Å². The van der Waals surface area contributed by atoms with E-state index in [-0.39, 0.29) is 11.6 Å². The molecule has 1 saturated heterocycles. The Balaban J connectivity index is 1.98. The van der Waals surface area contributed by atoms with Crippen LogP contribution >= 0.6 is 11.8 Å². The zero-order chi connectivity index (χ0) is 12.8. The molecule has 3 rings (SSSR count). The van der Waals surface area contributed by atoms with Gasteiger partial charge in [0.05, 0.1) is 0 Å². The first-order chi connectivity index (χ1) is 8.61. The summed E-state index contributed by atoms with van der Waals surface area (Å²) in [5, 5.41) is 0.534. The van der Waals surface area contributed by atoms with Gasteiger partial charge in [0, 0.05) is 23.3 Å². The molecule has 3 atom stereocenters. The Labute approximate surface area is 113 Å². The number of nitrogens with two attached hydrogens (primary N) is 1. The highest BCUT2D eigenvalue weighted by atomic mass is 32.2. The van der Waals surface area contributed by atoms with E-state index >= 15 is 0 Å². The molecule has 2 aliphatic rings. The van der Waals surface area contributed by atoms with Crippen molar-refractivity contribution in [1.29, 1.82) is 0 Å². The van der Waals surface area contributed by atoms with E-state index < -0.39 is 0 Å². The molecule has 0 aliphatic carbocycles. The maximum atomic E-state index is 6.40. The van der Waals surface area contributed by atoms with E-state index in [9.17, 15) is 0 Å². The van der Waals surface area contributed by atoms with Crippen LogP contribution in [0.4, 0.5) is 0 Å². The van der Waals surface area contributed by atoms with Crippen LogP contribution in [0.5, 0.6) is 5.75 Å². The Morgan fingerprint density at radius 1 is 1.44 bits per heavy atom. The summed E-state index contributed by atoms with van der Waals surface area (Å²) in [6.45, 7) is 4.40. The fraction of sp³-hybridized carbons (Fsp3) is 0.600. The summed E-state index contributed by atoms with van der Waals surface area (Å²) in [7, 11) is 0. The van der Waals surface area contributed by atoms with Crippen LogP contribution in [0, 0.1) is 6.92 Å². The summed E-state index contributed by atoms with van der Waals surface area (Å²) in [6.07, 6.45) is 3.34. The first kappa shape index (κ1) is 12.4. The lowest BCUT2D eigenvalue weighted by Crippen LogP contribution is -2.51. The number of thioether (sulfide) groups is 1. The Hall–Kier alpha value is -0.670. The number of benzene rings is 1. The third-order valence-corrected chi connectivity index (χ3v) is 5.75. The topological polar surface area (TPSA) is 35.2 Å². The molecule has 2 unspecified atom stereocenters. The smallest absolute Gasteiger partial charge is 0.124 e. The quantitative estimate of drug-likeness (QED) is 0.779. The van der Waals surface area contributed by atoms with Gasteiger partial charge in [-0.15, -0.1) is 0 Å². The number of rotatable bonds is 0. The molecule has 2 nitrogen and oxygen atoms in total. The van der Waals surface area contributed by atoms with Crippen molar-refractivity contribution in [2.24, 2.45) is 5.73 Å². The van der Waals surface area contributed by atoms with Crippen LogP contribution in [0.25, 0.3) is 0 Å². The summed E-state index contributed by atoms with van der Waals surface area (Å²) in [4.78, 5) is 0. The SMILES string of the molecule is Cc1ccc2c(c1)[C@@H](N)CC1(CCCSC1C)O2. The molecule has 2 N–H and O–H groups in total. The second kappa shape index (κ2) is 4.46. The number of ether oxygens (including phenoxy) is 1. The van der Waals surface area contributed by atoms with E-state index in [1.807, 2.05) is 11.8 Å². The molecule has 0 radical (unpaired) electrons. The number of hydrogen-bond acceptors (Lipinski definition) is 3. The summed E-state index contributed by atoms with van der Waals surface area (Å²) >= 11 is 2.02. The number of hydrogen-bond donors (Lipinski definition) is 1. The Kier molecular flexibility index (Phi) is 3.07. The fourth-order valence-corrected chi connectivity index (χ4v) is 4.41. The third-order valence-electron chi connectivity index (χ3n) is 4.30. The molecule has 0 saturated carbocycles. The van der Waals surface area contributed by atoms with E-state index in [1.54, 1.807) is 0 Å².